The third kappa shape index (κ3) is 8.85. The van der Waals surface area contributed by atoms with E-state index in [1.165, 1.54) is 30.6 Å². The number of carbonyl (C=O) groups is 2. The van der Waals surface area contributed by atoms with Crippen molar-refractivity contribution in [2.24, 2.45) is 0 Å². The predicted molar refractivity (Wildman–Crippen MR) is 163 cm³/mol. The number of benzene rings is 3. The third-order valence-corrected chi connectivity index (χ3v) is 6.53. The molecule has 222 valence electrons. The van der Waals surface area contributed by atoms with Crippen LogP contribution in [0.25, 0.3) is 11.2 Å². The van der Waals surface area contributed by atoms with Crippen LogP contribution in [-0.2, 0) is 16.1 Å². The first-order valence-corrected chi connectivity index (χ1v) is 13.7. The monoisotopic (exact) mass is 663 g/mol. The number of carboxylic acids is 2. The summed E-state index contributed by atoms with van der Waals surface area (Å²) < 4.78 is 10.5. The van der Waals surface area contributed by atoms with Gasteiger partial charge in [0, 0.05) is 16.6 Å². The molecule has 2 heterocycles. The maximum Gasteiger partial charge on any atom is 0.352 e. The minimum atomic E-state index is -1.43. The van der Waals surface area contributed by atoms with Crippen LogP contribution in [0, 0.1) is 0 Å². The average molecular weight is 665 g/mol. The highest BCUT2D eigenvalue weighted by Crippen LogP contribution is 2.32. The molecule has 43 heavy (non-hydrogen) atoms. The van der Waals surface area contributed by atoms with E-state index in [1.807, 2.05) is 30.3 Å². The van der Waals surface area contributed by atoms with Crippen molar-refractivity contribution in [3.63, 3.8) is 0 Å². The molecule has 5 rings (SSSR count). The molecule has 3 aromatic carbocycles. The Bertz CT molecular complexity index is 1740. The van der Waals surface area contributed by atoms with Crippen LogP contribution in [0.1, 0.15) is 17.5 Å². The van der Waals surface area contributed by atoms with Gasteiger partial charge < -0.3 is 30.0 Å². The van der Waals surface area contributed by atoms with E-state index < -0.39 is 24.6 Å². The number of aromatic amines is 1. The van der Waals surface area contributed by atoms with Gasteiger partial charge in [0.1, 0.15) is 23.3 Å². The molecule has 2 aromatic heterocycles. The van der Waals surface area contributed by atoms with E-state index in [4.69, 9.17) is 61.0 Å². The van der Waals surface area contributed by atoms with E-state index in [0.717, 1.165) is 5.56 Å². The lowest BCUT2D eigenvalue weighted by atomic mass is 10.2. The first-order chi connectivity index (χ1) is 20.6. The number of aliphatic carboxylic acids is 2. The fourth-order valence-corrected chi connectivity index (χ4v) is 4.45. The molecule has 11 nitrogen and oxygen atoms in total. The van der Waals surface area contributed by atoms with Gasteiger partial charge >= 0.3 is 11.9 Å². The first kappa shape index (κ1) is 31.6. The summed E-state index contributed by atoms with van der Waals surface area (Å²) in [6.07, 6.45) is -0.0766. The van der Waals surface area contributed by atoms with E-state index in [1.54, 1.807) is 12.1 Å². The van der Waals surface area contributed by atoms with Crippen LogP contribution in [0.5, 0.6) is 11.5 Å². The Morgan fingerprint density at radius 3 is 2.14 bits per heavy atom. The summed E-state index contributed by atoms with van der Waals surface area (Å²) >= 11 is 23.3. The largest absolute Gasteiger partial charge is 0.480 e. The standard InChI is InChI=1S/C20H15Cl2N5O3.C8H6Cl2O3/c21-12-6-7-14(13(22)8-12)30-16(20(28)29)19-26-15-17(24-10-25-18(15)27-19)23-9-11-4-2-1-3-5-11;9-5-1-2-7(6(10)3-5)13-4-8(11)12/h1-8,10,16H,9H2,(H,28,29)(H2,23,24,25,26,27);1-3H,4H2,(H,11,12). The zero-order chi connectivity index (χ0) is 30.9. The number of nitrogens with one attached hydrogen (secondary N) is 2. The smallest absolute Gasteiger partial charge is 0.352 e. The van der Waals surface area contributed by atoms with Gasteiger partial charge in [0.15, 0.2) is 23.9 Å². The number of fused-ring (bicyclic) bond motifs is 1. The maximum absolute atomic E-state index is 11.8. The molecule has 5 aromatic rings. The Morgan fingerprint density at radius 1 is 0.884 bits per heavy atom. The molecule has 0 amide bonds. The number of halogens is 4. The van der Waals surface area contributed by atoms with Crippen LogP contribution in [0.4, 0.5) is 5.82 Å². The lowest BCUT2D eigenvalue weighted by Gasteiger charge is -2.14. The number of carboxylic acid groups (broad SMARTS) is 2. The maximum atomic E-state index is 11.8. The zero-order valence-electron chi connectivity index (χ0n) is 21.8. The Kier molecular flexibility index (Phi) is 10.8. The molecule has 0 fully saturated rings. The minimum absolute atomic E-state index is 0.0618. The number of aromatic nitrogens is 4. The fraction of sp³-hybridized carbons (Fsp3) is 0.107. The molecular formula is C28H21Cl4N5O6. The summed E-state index contributed by atoms with van der Waals surface area (Å²) in [4.78, 5) is 37.6. The number of rotatable bonds is 10. The zero-order valence-corrected chi connectivity index (χ0v) is 24.8. The van der Waals surface area contributed by atoms with Crippen LogP contribution in [0.15, 0.2) is 73.1 Å². The van der Waals surface area contributed by atoms with Gasteiger partial charge in [-0.25, -0.2) is 24.5 Å². The van der Waals surface area contributed by atoms with Crippen molar-refractivity contribution in [2.45, 2.75) is 12.6 Å². The van der Waals surface area contributed by atoms with Crippen LogP contribution < -0.4 is 14.8 Å². The lowest BCUT2D eigenvalue weighted by molar-refractivity contribution is -0.145. The third-order valence-electron chi connectivity index (χ3n) is 5.47. The van der Waals surface area contributed by atoms with Gasteiger partial charge in [-0.05, 0) is 42.0 Å². The van der Waals surface area contributed by atoms with Gasteiger partial charge in [-0.15, -0.1) is 0 Å². The van der Waals surface area contributed by atoms with Crippen molar-refractivity contribution in [1.82, 2.24) is 19.9 Å². The van der Waals surface area contributed by atoms with E-state index in [2.05, 4.69) is 25.3 Å². The number of ether oxygens (including phenoxy) is 2. The summed E-state index contributed by atoms with van der Waals surface area (Å²) in [6, 6.07) is 18.9. The molecule has 0 saturated heterocycles. The molecule has 15 heteroatoms. The minimum Gasteiger partial charge on any atom is -0.480 e. The van der Waals surface area contributed by atoms with Gasteiger partial charge in [0.2, 0.25) is 0 Å². The topological polar surface area (TPSA) is 160 Å². The van der Waals surface area contributed by atoms with Crippen LogP contribution >= 0.6 is 46.4 Å². The number of hydrogen-bond acceptors (Lipinski definition) is 8. The molecule has 0 aliphatic heterocycles. The number of anilines is 1. The van der Waals surface area contributed by atoms with E-state index in [-0.39, 0.29) is 16.6 Å². The second-order valence-corrected chi connectivity index (χ2v) is 10.2. The predicted octanol–water partition coefficient (Wildman–Crippen LogP) is 6.93. The van der Waals surface area contributed by atoms with Crippen molar-refractivity contribution < 1.29 is 29.3 Å². The Morgan fingerprint density at radius 2 is 1.53 bits per heavy atom. The normalized spacial score (nSPS) is 11.3. The van der Waals surface area contributed by atoms with Crippen LogP contribution in [-0.4, -0.2) is 48.7 Å². The van der Waals surface area contributed by atoms with Gasteiger partial charge in [-0.1, -0.05) is 76.7 Å². The summed E-state index contributed by atoms with van der Waals surface area (Å²) in [6.45, 7) is 0.113. The Labute approximate surface area is 264 Å². The number of hydrogen-bond donors (Lipinski definition) is 4. The van der Waals surface area contributed by atoms with Gasteiger partial charge in [-0.3, -0.25) is 0 Å². The molecule has 0 spiro atoms. The van der Waals surface area contributed by atoms with Gasteiger partial charge in [-0.2, -0.15) is 0 Å². The summed E-state index contributed by atoms with van der Waals surface area (Å²) in [5, 5.41) is 22.6. The van der Waals surface area contributed by atoms with Crippen molar-refractivity contribution >= 4 is 75.3 Å². The van der Waals surface area contributed by atoms with E-state index in [9.17, 15) is 14.7 Å². The molecule has 0 radical (unpaired) electrons. The molecule has 0 bridgehead atoms. The average Bonchev–Trinajstić information content (AvgIpc) is 3.40. The fourth-order valence-electron chi connectivity index (χ4n) is 3.54. The molecule has 4 N–H and O–H groups in total. The Hall–Kier alpha value is -4.29. The highest BCUT2D eigenvalue weighted by atomic mass is 35.5. The molecule has 1 unspecified atom stereocenters. The van der Waals surface area contributed by atoms with Crippen LogP contribution in [0.3, 0.4) is 0 Å². The summed E-state index contributed by atoms with van der Waals surface area (Å²) in [5.74, 6) is -1.25. The molecular weight excluding hydrogens is 644 g/mol. The van der Waals surface area contributed by atoms with Crippen molar-refractivity contribution in [3.8, 4) is 11.5 Å². The van der Waals surface area contributed by atoms with Crippen molar-refractivity contribution in [3.05, 3.63) is 105 Å². The highest BCUT2D eigenvalue weighted by Gasteiger charge is 2.27. The van der Waals surface area contributed by atoms with Gasteiger partial charge in [0.25, 0.3) is 6.10 Å². The van der Waals surface area contributed by atoms with Crippen molar-refractivity contribution in [1.29, 1.82) is 0 Å². The number of imidazole rings is 1. The highest BCUT2D eigenvalue weighted by molar-refractivity contribution is 6.36. The quantitative estimate of drug-likeness (QED) is 0.123. The molecule has 0 aliphatic rings. The van der Waals surface area contributed by atoms with Crippen LogP contribution in [0.2, 0.25) is 20.1 Å². The molecule has 0 saturated carbocycles. The number of H-pyrrole nitrogens is 1. The molecule has 0 aliphatic carbocycles. The van der Waals surface area contributed by atoms with Gasteiger partial charge in [0.05, 0.1) is 10.0 Å². The SMILES string of the molecule is O=C(O)C(Oc1ccc(Cl)cc1Cl)c1nc2ncnc(NCc3ccccc3)c2[nH]1.O=C(O)COc1ccc(Cl)cc1Cl. The number of nitrogens with zero attached hydrogens (tertiary/aromatic N) is 3. The second kappa shape index (κ2) is 14.7. The second-order valence-electron chi connectivity index (χ2n) is 8.55. The molecule has 1 atom stereocenters. The lowest BCUT2D eigenvalue weighted by Crippen LogP contribution is -2.19. The summed E-state index contributed by atoms with van der Waals surface area (Å²) in [5.41, 5.74) is 1.85. The first-order valence-electron chi connectivity index (χ1n) is 12.2. The van der Waals surface area contributed by atoms with Crippen molar-refractivity contribution in [2.75, 3.05) is 11.9 Å². The Balaban J connectivity index is 0.000000273. The summed E-state index contributed by atoms with van der Waals surface area (Å²) in [7, 11) is 0. The van der Waals surface area contributed by atoms with E-state index >= 15 is 0 Å². The van der Waals surface area contributed by atoms with E-state index in [0.29, 0.717) is 44.3 Å².